The molecule has 23 heavy (non-hydrogen) atoms. The molecule has 0 aliphatic carbocycles. The number of pyridine rings is 1. The van der Waals surface area contributed by atoms with Crippen molar-refractivity contribution in [2.45, 2.75) is 6.92 Å². The molecule has 0 fully saturated rings. The van der Waals surface area contributed by atoms with Gasteiger partial charge in [0.2, 0.25) is 0 Å². The van der Waals surface area contributed by atoms with Crippen LogP contribution in [0, 0.1) is 0 Å². The van der Waals surface area contributed by atoms with E-state index in [1.807, 2.05) is 0 Å². The number of nitrogens with zero attached hydrogens (tertiary/aromatic N) is 2. The molecule has 0 unspecified atom stereocenters. The molecule has 0 radical (unpaired) electrons. The fraction of sp³-hybridized carbons (Fsp3) is 0.125. The van der Waals surface area contributed by atoms with E-state index >= 15 is 0 Å². The summed E-state index contributed by atoms with van der Waals surface area (Å²) in [7, 11) is 0. The quantitative estimate of drug-likeness (QED) is 0.635. The average Bonchev–Trinajstić information content (AvgIpc) is 2.54. The van der Waals surface area contributed by atoms with Crippen molar-refractivity contribution in [3.8, 4) is 0 Å². The van der Waals surface area contributed by atoms with Crippen LogP contribution in [0.4, 0.5) is 5.69 Å². The number of carbonyl (C=O) groups excluding carboxylic acids is 1. The number of carboxylic acid groups (broad SMARTS) is 1. The van der Waals surface area contributed by atoms with Crippen molar-refractivity contribution in [2.75, 3.05) is 11.9 Å². The molecule has 122 valence electrons. The molecule has 0 aliphatic rings. The second-order valence-electron chi connectivity index (χ2n) is 4.51. The van der Waals surface area contributed by atoms with E-state index in [1.165, 1.54) is 0 Å². The van der Waals surface area contributed by atoms with Gasteiger partial charge in [0.05, 0.1) is 5.69 Å². The van der Waals surface area contributed by atoms with Crippen LogP contribution in [0.3, 0.4) is 0 Å². The third-order valence-electron chi connectivity index (χ3n) is 2.91. The van der Waals surface area contributed by atoms with Crippen LogP contribution in [-0.2, 0) is 21.3 Å². The summed E-state index contributed by atoms with van der Waals surface area (Å²) in [6.45, 7) is 1.39. The Bertz CT molecular complexity index is 718. The van der Waals surface area contributed by atoms with Gasteiger partial charge in [-0.05, 0) is 25.1 Å². The van der Waals surface area contributed by atoms with Gasteiger partial charge in [-0.25, -0.2) is 0 Å². The summed E-state index contributed by atoms with van der Waals surface area (Å²) in [6, 6.07) is 12.2. The van der Waals surface area contributed by atoms with E-state index in [9.17, 15) is 9.59 Å². The van der Waals surface area contributed by atoms with E-state index in [1.54, 1.807) is 55.6 Å². The van der Waals surface area contributed by atoms with Crippen molar-refractivity contribution in [1.82, 2.24) is 4.98 Å². The predicted octanol–water partition coefficient (Wildman–Crippen LogP) is 2.22. The molecule has 0 saturated carbocycles. The number of anilines is 1. The van der Waals surface area contributed by atoms with Crippen LogP contribution in [-0.4, -0.2) is 34.2 Å². The Balaban J connectivity index is 0.00000264. The monoisotopic (exact) mass is 355 g/mol. The second kappa shape index (κ2) is 8.80. The minimum atomic E-state index is -1.01. The Hall–Kier alpha value is -2.53. The van der Waals surface area contributed by atoms with Gasteiger partial charge in [-0.3, -0.25) is 19.6 Å². The molecule has 0 spiro atoms. The van der Waals surface area contributed by atoms with Gasteiger partial charge in [-0.1, -0.05) is 24.3 Å². The zero-order valence-electron chi connectivity index (χ0n) is 12.3. The van der Waals surface area contributed by atoms with E-state index < -0.39 is 5.97 Å². The standard InChI is InChI=1S/C16H15N3O3.Ni/c1-11(18-10-15(20)21)12-6-2-3-7-13(12)19-16(22)14-8-4-5-9-17-14;/h2-9H,10H2,1H3,(H,19,22)(H,20,21);. The third kappa shape index (κ3) is 5.31. The number of carbonyl (C=O) groups is 2. The first-order valence-electron chi connectivity index (χ1n) is 6.62. The molecule has 6 nitrogen and oxygen atoms in total. The molecule has 2 N–H and O–H groups in total. The molecule has 0 aliphatic heterocycles. The Morgan fingerprint density at radius 3 is 2.52 bits per heavy atom. The first-order chi connectivity index (χ1) is 10.6. The molecule has 0 saturated heterocycles. The zero-order chi connectivity index (χ0) is 15.9. The fourth-order valence-corrected chi connectivity index (χ4v) is 1.86. The number of hydrogen-bond acceptors (Lipinski definition) is 4. The van der Waals surface area contributed by atoms with Crippen LogP contribution in [0.25, 0.3) is 0 Å². The van der Waals surface area contributed by atoms with Gasteiger partial charge < -0.3 is 10.4 Å². The first-order valence-corrected chi connectivity index (χ1v) is 6.62. The minimum absolute atomic E-state index is 0. The normalized spacial score (nSPS) is 10.6. The van der Waals surface area contributed by atoms with Crippen LogP contribution in [0.1, 0.15) is 23.0 Å². The molecule has 1 aromatic heterocycles. The number of carboxylic acids is 1. The number of aromatic nitrogens is 1. The molecular weight excluding hydrogens is 341 g/mol. The van der Waals surface area contributed by atoms with Gasteiger partial charge in [0.1, 0.15) is 12.2 Å². The van der Waals surface area contributed by atoms with Gasteiger partial charge in [0.15, 0.2) is 0 Å². The Morgan fingerprint density at radius 1 is 1.17 bits per heavy atom. The summed E-state index contributed by atoms with van der Waals surface area (Å²) in [5.41, 5.74) is 2.08. The van der Waals surface area contributed by atoms with Crippen LogP contribution in [0.15, 0.2) is 53.7 Å². The van der Waals surface area contributed by atoms with Gasteiger partial charge in [-0.2, -0.15) is 0 Å². The molecule has 2 aromatic rings. The van der Waals surface area contributed by atoms with E-state index in [2.05, 4.69) is 15.3 Å². The molecule has 1 heterocycles. The van der Waals surface area contributed by atoms with Gasteiger partial charge in [0.25, 0.3) is 5.91 Å². The summed E-state index contributed by atoms with van der Waals surface area (Å²) in [5.74, 6) is -1.34. The van der Waals surface area contributed by atoms with E-state index in [4.69, 9.17) is 5.11 Å². The second-order valence-corrected chi connectivity index (χ2v) is 4.51. The van der Waals surface area contributed by atoms with Crippen LogP contribution >= 0.6 is 0 Å². The molecule has 1 amide bonds. The Labute approximate surface area is 143 Å². The molecule has 0 bridgehead atoms. The van der Waals surface area contributed by atoms with Crippen molar-refractivity contribution in [2.24, 2.45) is 4.99 Å². The van der Waals surface area contributed by atoms with E-state index in [-0.39, 0.29) is 28.9 Å². The average molecular weight is 356 g/mol. The summed E-state index contributed by atoms with van der Waals surface area (Å²) >= 11 is 0. The maximum Gasteiger partial charge on any atom is 0.325 e. The molecular formula is C16H15N3NiO3. The summed E-state index contributed by atoms with van der Waals surface area (Å²) in [5, 5.41) is 11.5. The Kier molecular flexibility index (Phi) is 7.09. The Morgan fingerprint density at radius 2 is 1.87 bits per heavy atom. The third-order valence-corrected chi connectivity index (χ3v) is 2.91. The zero-order valence-corrected chi connectivity index (χ0v) is 13.3. The molecule has 1 aromatic carbocycles. The maximum atomic E-state index is 12.1. The van der Waals surface area contributed by atoms with Gasteiger partial charge in [0, 0.05) is 34.0 Å². The number of benzene rings is 1. The smallest absolute Gasteiger partial charge is 0.325 e. The summed E-state index contributed by atoms with van der Waals surface area (Å²) < 4.78 is 0. The number of rotatable bonds is 5. The van der Waals surface area contributed by atoms with E-state index in [0.29, 0.717) is 22.7 Å². The van der Waals surface area contributed by atoms with Crippen molar-refractivity contribution in [3.63, 3.8) is 0 Å². The van der Waals surface area contributed by atoms with Gasteiger partial charge >= 0.3 is 5.97 Å². The largest absolute Gasteiger partial charge is 0.480 e. The van der Waals surface area contributed by atoms with Crippen LogP contribution in [0.2, 0.25) is 0 Å². The van der Waals surface area contributed by atoms with E-state index in [0.717, 1.165) is 0 Å². The number of aliphatic carboxylic acids is 1. The number of hydrogen-bond donors (Lipinski definition) is 2. The minimum Gasteiger partial charge on any atom is -0.480 e. The van der Waals surface area contributed by atoms with Crippen molar-refractivity contribution >= 4 is 23.3 Å². The topological polar surface area (TPSA) is 91.6 Å². The number of aliphatic imine (C=N–C) groups is 1. The SMILES string of the molecule is CC(=NCC(=O)O)c1ccccc1NC(=O)c1ccccn1.[Ni]. The molecule has 0 atom stereocenters. The predicted molar refractivity (Wildman–Crippen MR) is 83.3 cm³/mol. The number of para-hydroxylation sites is 1. The van der Waals surface area contributed by atoms with Gasteiger partial charge in [-0.15, -0.1) is 0 Å². The van der Waals surface area contributed by atoms with Crippen molar-refractivity contribution < 1.29 is 31.2 Å². The maximum absolute atomic E-state index is 12.1. The number of amides is 1. The van der Waals surface area contributed by atoms with Crippen LogP contribution < -0.4 is 5.32 Å². The van der Waals surface area contributed by atoms with Crippen molar-refractivity contribution in [1.29, 1.82) is 0 Å². The summed E-state index contributed by atoms with van der Waals surface area (Å²) in [6.07, 6.45) is 1.54. The molecule has 7 heteroatoms. The van der Waals surface area contributed by atoms with Crippen molar-refractivity contribution in [3.05, 3.63) is 59.9 Å². The fourth-order valence-electron chi connectivity index (χ4n) is 1.86. The summed E-state index contributed by atoms with van der Waals surface area (Å²) in [4.78, 5) is 30.7. The molecule has 2 rings (SSSR count). The number of nitrogens with one attached hydrogen (secondary N) is 1. The van der Waals surface area contributed by atoms with Crippen LogP contribution in [0.5, 0.6) is 0 Å². The first kappa shape index (κ1) is 18.5.